The quantitative estimate of drug-likeness (QED) is 0.572. The zero-order valence-electron chi connectivity index (χ0n) is 9.39. The number of hydrogen-bond donors (Lipinski definition) is 0. The molecule has 2 fully saturated rings. The molecular formula is C11H15F3O3. The summed E-state index contributed by atoms with van der Waals surface area (Å²) in [5.41, 5.74) is -2.67. The summed E-state index contributed by atoms with van der Waals surface area (Å²) in [6, 6.07) is 0. The van der Waals surface area contributed by atoms with E-state index in [9.17, 15) is 18.0 Å². The molecule has 1 aliphatic carbocycles. The van der Waals surface area contributed by atoms with Gasteiger partial charge in [0.1, 0.15) is 0 Å². The summed E-state index contributed by atoms with van der Waals surface area (Å²) in [5, 5.41) is 0. The summed E-state index contributed by atoms with van der Waals surface area (Å²) in [6.07, 6.45) is 0.448. The smallest absolute Gasteiger partial charge is 0.430 e. The number of carbonyl (C=O) groups excluding carboxylic acids is 1. The van der Waals surface area contributed by atoms with Gasteiger partial charge in [0.05, 0.1) is 13.2 Å². The van der Waals surface area contributed by atoms with Crippen LogP contribution in [0.5, 0.6) is 0 Å². The molecule has 1 aliphatic heterocycles. The third-order valence-electron chi connectivity index (χ3n) is 3.40. The average molecular weight is 252 g/mol. The lowest BCUT2D eigenvalue weighted by Gasteiger charge is -2.22. The van der Waals surface area contributed by atoms with Crippen LogP contribution in [0.3, 0.4) is 0 Å². The van der Waals surface area contributed by atoms with E-state index in [1.54, 1.807) is 0 Å². The molecule has 6 heteroatoms. The summed E-state index contributed by atoms with van der Waals surface area (Å²) in [7, 11) is 0. The van der Waals surface area contributed by atoms with E-state index in [-0.39, 0.29) is 12.5 Å². The van der Waals surface area contributed by atoms with E-state index in [1.807, 2.05) is 0 Å². The van der Waals surface area contributed by atoms with Crippen LogP contribution < -0.4 is 0 Å². The van der Waals surface area contributed by atoms with Gasteiger partial charge in [-0.1, -0.05) is 19.3 Å². The molecule has 1 heterocycles. The van der Waals surface area contributed by atoms with Gasteiger partial charge in [0, 0.05) is 0 Å². The Morgan fingerprint density at radius 2 is 1.88 bits per heavy atom. The molecule has 17 heavy (non-hydrogen) atoms. The van der Waals surface area contributed by atoms with E-state index in [2.05, 4.69) is 4.74 Å². The van der Waals surface area contributed by atoms with Crippen LogP contribution in [0.1, 0.15) is 32.1 Å². The second kappa shape index (κ2) is 4.48. The minimum absolute atomic E-state index is 0.0834. The van der Waals surface area contributed by atoms with Gasteiger partial charge in [-0.25, -0.2) is 4.79 Å². The number of epoxide rings is 1. The minimum atomic E-state index is -4.67. The molecule has 0 amide bonds. The van der Waals surface area contributed by atoms with Crippen molar-refractivity contribution in [2.24, 2.45) is 5.92 Å². The van der Waals surface area contributed by atoms with Gasteiger partial charge >= 0.3 is 12.1 Å². The normalized spacial score (nSPS) is 30.1. The predicted octanol–water partition coefficient (Wildman–Crippen LogP) is 2.44. The molecule has 1 saturated carbocycles. The zero-order valence-corrected chi connectivity index (χ0v) is 9.39. The van der Waals surface area contributed by atoms with E-state index in [0.717, 1.165) is 32.1 Å². The first-order chi connectivity index (χ1) is 7.96. The molecule has 0 N–H and O–H groups in total. The molecule has 0 aromatic carbocycles. The van der Waals surface area contributed by atoms with Crippen LogP contribution in [0, 0.1) is 5.92 Å². The van der Waals surface area contributed by atoms with Gasteiger partial charge in [-0.2, -0.15) is 13.2 Å². The Labute approximate surface area is 97.3 Å². The van der Waals surface area contributed by atoms with E-state index in [4.69, 9.17) is 4.74 Å². The Bertz CT molecular complexity index is 291. The Hall–Kier alpha value is -0.780. The maximum absolute atomic E-state index is 12.5. The summed E-state index contributed by atoms with van der Waals surface area (Å²) in [5.74, 6) is -1.08. The molecule has 0 aromatic heterocycles. The molecular weight excluding hydrogens is 237 g/mol. The number of halogens is 3. The van der Waals surface area contributed by atoms with Crippen molar-refractivity contribution in [3.63, 3.8) is 0 Å². The van der Waals surface area contributed by atoms with Crippen molar-refractivity contribution in [3.8, 4) is 0 Å². The van der Waals surface area contributed by atoms with Crippen LogP contribution in [0.25, 0.3) is 0 Å². The van der Waals surface area contributed by atoms with Crippen LogP contribution in [-0.2, 0) is 14.3 Å². The summed E-state index contributed by atoms with van der Waals surface area (Å²) < 4.78 is 46.5. The SMILES string of the molecule is O=C(OCC1CCCCC1)C1(C(F)(F)F)CO1. The van der Waals surface area contributed by atoms with E-state index in [1.165, 1.54) is 0 Å². The largest absolute Gasteiger partial charge is 0.463 e. The average Bonchev–Trinajstić information content (AvgIpc) is 3.07. The summed E-state index contributed by atoms with van der Waals surface area (Å²) in [4.78, 5) is 11.3. The maximum atomic E-state index is 12.5. The molecule has 0 aromatic rings. The third kappa shape index (κ3) is 2.56. The van der Waals surface area contributed by atoms with Crippen molar-refractivity contribution in [3.05, 3.63) is 0 Å². The van der Waals surface area contributed by atoms with Crippen LogP contribution >= 0.6 is 0 Å². The first-order valence-electron chi connectivity index (χ1n) is 5.83. The van der Waals surface area contributed by atoms with E-state index < -0.39 is 24.4 Å². The van der Waals surface area contributed by atoms with Gasteiger partial charge in [0.15, 0.2) is 0 Å². The zero-order chi connectivity index (χ0) is 12.5. The van der Waals surface area contributed by atoms with Crippen molar-refractivity contribution in [1.29, 1.82) is 0 Å². The molecule has 2 aliphatic rings. The van der Waals surface area contributed by atoms with Crippen molar-refractivity contribution in [2.75, 3.05) is 13.2 Å². The fourth-order valence-electron chi connectivity index (χ4n) is 2.13. The molecule has 0 spiro atoms. The Balaban J connectivity index is 1.81. The Morgan fingerprint density at radius 3 is 2.35 bits per heavy atom. The van der Waals surface area contributed by atoms with Gasteiger partial charge < -0.3 is 9.47 Å². The fraction of sp³-hybridized carbons (Fsp3) is 0.909. The van der Waals surface area contributed by atoms with Gasteiger partial charge in [-0.15, -0.1) is 0 Å². The van der Waals surface area contributed by atoms with Crippen molar-refractivity contribution >= 4 is 5.97 Å². The molecule has 98 valence electrons. The fourth-order valence-corrected chi connectivity index (χ4v) is 2.13. The Kier molecular flexibility index (Phi) is 3.34. The van der Waals surface area contributed by atoms with Crippen molar-refractivity contribution in [2.45, 2.75) is 43.9 Å². The highest BCUT2D eigenvalue weighted by Gasteiger charge is 2.73. The number of ether oxygens (including phenoxy) is 2. The molecule has 1 unspecified atom stereocenters. The second-order valence-electron chi connectivity index (χ2n) is 4.72. The number of alkyl halides is 3. The van der Waals surface area contributed by atoms with Crippen LogP contribution in [0.2, 0.25) is 0 Å². The highest BCUT2D eigenvalue weighted by molar-refractivity contribution is 5.83. The standard InChI is InChI=1S/C11H15F3O3/c12-11(13,14)10(7-17-10)9(15)16-6-8-4-2-1-3-5-8/h8H,1-7H2. The lowest BCUT2D eigenvalue weighted by atomic mass is 9.90. The highest BCUT2D eigenvalue weighted by Crippen LogP contribution is 2.44. The molecule has 1 saturated heterocycles. The lowest BCUT2D eigenvalue weighted by Crippen LogP contribution is -2.42. The molecule has 0 radical (unpaired) electrons. The van der Waals surface area contributed by atoms with Gasteiger partial charge in [0.25, 0.3) is 5.60 Å². The number of hydrogen-bond acceptors (Lipinski definition) is 3. The first-order valence-corrected chi connectivity index (χ1v) is 5.83. The van der Waals surface area contributed by atoms with Gasteiger partial charge in [-0.05, 0) is 18.8 Å². The van der Waals surface area contributed by atoms with E-state index in [0.29, 0.717) is 0 Å². The number of rotatable bonds is 3. The summed E-state index contributed by atoms with van der Waals surface area (Å²) in [6.45, 7) is -0.528. The first kappa shape index (κ1) is 12.7. The van der Waals surface area contributed by atoms with Crippen molar-refractivity contribution in [1.82, 2.24) is 0 Å². The molecule has 3 nitrogen and oxygen atoms in total. The monoisotopic (exact) mass is 252 g/mol. The lowest BCUT2D eigenvalue weighted by molar-refractivity contribution is -0.204. The molecule has 2 rings (SSSR count). The van der Waals surface area contributed by atoms with Crippen LogP contribution in [0.15, 0.2) is 0 Å². The van der Waals surface area contributed by atoms with E-state index >= 15 is 0 Å². The number of carbonyl (C=O) groups is 1. The van der Waals surface area contributed by atoms with Crippen LogP contribution in [-0.4, -0.2) is 31.0 Å². The van der Waals surface area contributed by atoms with Crippen LogP contribution in [0.4, 0.5) is 13.2 Å². The van der Waals surface area contributed by atoms with Crippen molar-refractivity contribution < 1.29 is 27.4 Å². The predicted molar refractivity (Wildman–Crippen MR) is 52.3 cm³/mol. The summed E-state index contributed by atoms with van der Waals surface area (Å²) >= 11 is 0. The second-order valence-corrected chi connectivity index (χ2v) is 4.72. The Morgan fingerprint density at radius 1 is 1.29 bits per heavy atom. The highest BCUT2D eigenvalue weighted by atomic mass is 19.4. The van der Waals surface area contributed by atoms with Gasteiger partial charge in [-0.3, -0.25) is 0 Å². The minimum Gasteiger partial charge on any atom is -0.463 e. The maximum Gasteiger partial charge on any atom is 0.430 e. The topological polar surface area (TPSA) is 38.8 Å². The van der Waals surface area contributed by atoms with Gasteiger partial charge in [0.2, 0.25) is 0 Å². The molecule has 1 atom stereocenters. The number of esters is 1. The third-order valence-corrected chi connectivity index (χ3v) is 3.40. The molecule has 0 bridgehead atoms.